The molecule has 0 bridgehead atoms. The first kappa shape index (κ1) is 13.2. The molecule has 1 aromatic carbocycles. The topological polar surface area (TPSA) is 55.4 Å². The Balaban J connectivity index is 2.88. The van der Waals surface area contributed by atoms with Crippen LogP contribution in [0.1, 0.15) is 26.3 Å². The molecule has 0 atom stereocenters. The van der Waals surface area contributed by atoms with Gasteiger partial charge in [-0.05, 0) is 31.5 Å². The van der Waals surface area contributed by atoms with Crippen LogP contribution in [0.4, 0.5) is 0 Å². The first-order valence-electron chi connectivity index (χ1n) is 5.34. The number of nitrogens with one attached hydrogen (secondary N) is 1. The van der Waals surface area contributed by atoms with Gasteiger partial charge in [0.05, 0.1) is 12.6 Å². The quantitative estimate of drug-likeness (QED) is 0.807. The molecule has 1 amide bonds. The van der Waals surface area contributed by atoms with E-state index in [2.05, 4.69) is 5.32 Å². The molecule has 92 valence electrons. The number of methoxy groups -OCH3 is 1. The normalized spacial score (nSPS) is 10.8. The van der Waals surface area contributed by atoms with E-state index in [0.29, 0.717) is 0 Å². The van der Waals surface area contributed by atoms with Gasteiger partial charge < -0.3 is 10.1 Å². The summed E-state index contributed by atoms with van der Waals surface area (Å²) in [6.07, 6.45) is 0. The summed E-state index contributed by atoms with van der Waals surface area (Å²) in [5.74, 6) is -0.320. The van der Waals surface area contributed by atoms with E-state index < -0.39 is 17.2 Å². The number of benzene rings is 1. The molecule has 0 aromatic heterocycles. The largest absolute Gasteiger partial charge is 0.497 e. The van der Waals surface area contributed by atoms with Crippen LogP contribution >= 0.6 is 0 Å². The molecular weight excluding hydrogens is 218 g/mol. The van der Waals surface area contributed by atoms with Crippen LogP contribution in [0.25, 0.3) is 0 Å². The zero-order chi connectivity index (χ0) is 13.1. The molecule has 4 nitrogen and oxygen atoms in total. The lowest BCUT2D eigenvalue weighted by Gasteiger charge is -2.26. The van der Waals surface area contributed by atoms with Crippen LogP contribution in [-0.4, -0.2) is 18.8 Å². The van der Waals surface area contributed by atoms with Gasteiger partial charge in [-0.3, -0.25) is 9.59 Å². The molecule has 0 fully saturated rings. The van der Waals surface area contributed by atoms with Gasteiger partial charge in [-0.2, -0.15) is 0 Å². The van der Waals surface area contributed by atoms with Gasteiger partial charge >= 0.3 is 0 Å². The Hall–Kier alpha value is -1.84. The van der Waals surface area contributed by atoms with Crippen LogP contribution in [0.2, 0.25) is 0 Å². The smallest absolute Gasteiger partial charge is 0.287 e. The molecule has 0 aliphatic rings. The first-order valence-corrected chi connectivity index (χ1v) is 5.34. The average molecular weight is 235 g/mol. The van der Waals surface area contributed by atoms with Gasteiger partial charge in [0.2, 0.25) is 5.78 Å². The van der Waals surface area contributed by atoms with Crippen molar-refractivity contribution in [3.05, 3.63) is 29.8 Å². The molecular formula is C13H17NO3. The summed E-state index contributed by atoms with van der Waals surface area (Å²) in [6, 6.07) is 7.35. The van der Waals surface area contributed by atoms with Crippen LogP contribution in [0.3, 0.4) is 0 Å². The highest BCUT2D eigenvalue weighted by Gasteiger charge is 2.24. The summed E-state index contributed by atoms with van der Waals surface area (Å²) in [5, 5.41) is 2.68. The van der Waals surface area contributed by atoms with E-state index in [-0.39, 0.29) is 0 Å². The molecule has 0 unspecified atom stereocenters. The Morgan fingerprint density at radius 2 is 1.71 bits per heavy atom. The summed E-state index contributed by atoms with van der Waals surface area (Å²) in [5.41, 5.74) is 0.322. The minimum Gasteiger partial charge on any atom is -0.497 e. The zero-order valence-electron chi connectivity index (χ0n) is 10.5. The summed E-state index contributed by atoms with van der Waals surface area (Å²) < 4.78 is 5.06. The van der Waals surface area contributed by atoms with Gasteiger partial charge in [-0.1, -0.05) is 12.1 Å². The molecule has 0 heterocycles. The summed E-state index contributed by atoms with van der Waals surface area (Å²) >= 11 is 0. The lowest BCUT2D eigenvalue weighted by molar-refractivity contribution is -0.137. The number of Topliss-reactive ketones (excluding diaryl/α,β-unsaturated/α-hetero) is 1. The number of hydrogen-bond acceptors (Lipinski definition) is 3. The molecule has 0 saturated heterocycles. The third-order valence-electron chi connectivity index (χ3n) is 2.56. The molecule has 0 aliphatic heterocycles. The Morgan fingerprint density at radius 3 is 2.12 bits per heavy atom. The molecule has 1 N–H and O–H groups in total. The van der Waals surface area contributed by atoms with Crippen molar-refractivity contribution in [2.24, 2.45) is 0 Å². The molecule has 4 heteroatoms. The van der Waals surface area contributed by atoms with Gasteiger partial charge in [0.15, 0.2) is 0 Å². The summed E-state index contributed by atoms with van der Waals surface area (Å²) in [7, 11) is 1.59. The summed E-state index contributed by atoms with van der Waals surface area (Å²) in [6.45, 7) is 4.94. The molecule has 1 rings (SSSR count). The highest BCUT2D eigenvalue weighted by atomic mass is 16.5. The van der Waals surface area contributed by atoms with E-state index in [1.807, 2.05) is 38.1 Å². The van der Waals surface area contributed by atoms with Crippen LogP contribution in [-0.2, 0) is 15.1 Å². The van der Waals surface area contributed by atoms with Crippen molar-refractivity contribution in [2.75, 3.05) is 7.11 Å². The Bertz CT molecular complexity index is 421. The number of rotatable bonds is 4. The predicted molar refractivity (Wildman–Crippen MR) is 64.8 cm³/mol. The Kier molecular flexibility index (Phi) is 3.89. The van der Waals surface area contributed by atoms with Crippen molar-refractivity contribution in [2.45, 2.75) is 26.3 Å². The highest BCUT2D eigenvalue weighted by molar-refractivity contribution is 6.35. The Morgan fingerprint density at radius 1 is 1.18 bits per heavy atom. The highest BCUT2D eigenvalue weighted by Crippen LogP contribution is 2.22. The van der Waals surface area contributed by atoms with Gasteiger partial charge in [0, 0.05) is 6.92 Å². The fourth-order valence-electron chi connectivity index (χ4n) is 1.45. The van der Waals surface area contributed by atoms with Crippen LogP contribution in [0.5, 0.6) is 5.75 Å². The first-order chi connectivity index (χ1) is 7.86. The standard InChI is InChI=1S/C13H17NO3/c1-9(15)12(16)14-13(2,3)10-5-7-11(17-4)8-6-10/h5-8H,1-4H3,(H,14,16). The monoisotopic (exact) mass is 235 g/mol. The number of amides is 1. The van der Waals surface area contributed by atoms with Crippen LogP contribution < -0.4 is 10.1 Å². The Labute approximate surface area is 101 Å². The SMILES string of the molecule is COc1ccc(C(C)(C)NC(=O)C(C)=O)cc1. The van der Waals surface area contributed by atoms with Crippen molar-refractivity contribution in [3.8, 4) is 5.75 Å². The molecule has 0 spiro atoms. The number of ketones is 1. The van der Waals surface area contributed by atoms with Crippen molar-refractivity contribution in [1.29, 1.82) is 0 Å². The maximum Gasteiger partial charge on any atom is 0.287 e. The van der Waals surface area contributed by atoms with Crippen molar-refractivity contribution < 1.29 is 14.3 Å². The van der Waals surface area contributed by atoms with Crippen molar-refractivity contribution >= 4 is 11.7 Å². The van der Waals surface area contributed by atoms with Gasteiger partial charge in [-0.15, -0.1) is 0 Å². The number of carbonyl (C=O) groups is 2. The van der Waals surface area contributed by atoms with E-state index in [1.165, 1.54) is 6.92 Å². The molecule has 1 aromatic rings. The fourth-order valence-corrected chi connectivity index (χ4v) is 1.45. The third-order valence-corrected chi connectivity index (χ3v) is 2.56. The van der Waals surface area contributed by atoms with Gasteiger partial charge in [0.25, 0.3) is 5.91 Å². The number of carbonyl (C=O) groups excluding carboxylic acids is 2. The maximum atomic E-state index is 11.4. The van der Waals surface area contributed by atoms with Gasteiger partial charge in [-0.25, -0.2) is 0 Å². The maximum absolute atomic E-state index is 11.4. The second-order valence-corrected chi connectivity index (χ2v) is 4.36. The lowest BCUT2D eigenvalue weighted by Crippen LogP contribution is -2.43. The van der Waals surface area contributed by atoms with E-state index in [0.717, 1.165) is 11.3 Å². The van der Waals surface area contributed by atoms with E-state index in [1.54, 1.807) is 7.11 Å². The molecule has 0 saturated carbocycles. The van der Waals surface area contributed by atoms with Gasteiger partial charge in [0.1, 0.15) is 5.75 Å². The van der Waals surface area contributed by atoms with Crippen LogP contribution in [0.15, 0.2) is 24.3 Å². The molecule has 17 heavy (non-hydrogen) atoms. The second-order valence-electron chi connectivity index (χ2n) is 4.36. The fraction of sp³-hybridized carbons (Fsp3) is 0.385. The average Bonchev–Trinajstić information content (AvgIpc) is 2.28. The molecule has 0 aliphatic carbocycles. The van der Waals surface area contributed by atoms with E-state index in [9.17, 15) is 9.59 Å². The van der Waals surface area contributed by atoms with Crippen molar-refractivity contribution in [1.82, 2.24) is 5.32 Å². The molecule has 0 radical (unpaired) electrons. The zero-order valence-corrected chi connectivity index (χ0v) is 10.5. The minimum atomic E-state index is -0.588. The lowest BCUT2D eigenvalue weighted by atomic mass is 9.94. The van der Waals surface area contributed by atoms with E-state index >= 15 is 0 Å². The van der Waals surface area contributed by atoms with Crippen LogP contribution in [0, 0.1) is 0 Å². The minimum absolute atomic E-state index is 0.494. The second kappa shape index (κ2) is 4.99. The van der Waals surface area contributed by atoms with E-state index in [4.69, 9.17) is 4.74 Å². The number of hydrogen-bond donors (Lipinski definition) is 1. The predicted octanol–water partition coefficient (Wildman–Crippen LogP) is 1.64. The third kappa shape index (κ3) is 3.31. The van der Waals surface area contributed by atoms with Crippen molar-refractivity contribution in [3.63, 3.8) is 0 Å². The summed E-state index contributed by atoms with van der Waals surface area (Å²) in [4.78, 5) is 22.3. The number of ether oxygens (including phenoxy) is 1.